The van der Waals surface area contributed by atoms with Gasteiger partial charge in [-0.3, -0.25) is 30.3 Å². The summed E-state index contributed by atoms with van der Waals surface area (Å²) in [6.45, 7) is 2.86. The van der Waals surface area contributed by atoms with Gasteiger partial charge in [-0.05, 0) is 20.8 Å². The van der Waals surface area contributed by atoms with Gasteiger partial charge >= 0.3 is 107 Å². The minimum atomic E-state index is -1.30. The van der Waals surface area contributed by atoms with Crippen molar-refractivity contribution < 1.29 is 148 Å². The monoisotopic (exact) mass is 507 g/mol. The fraction of sp³-hybridized carbons (Fsp3) is 0.600. The molecule has 15 nitrogen and oxygen atoms in total. The van der Waals surface area contributed by atoms with Crippen molar-refractivity contribution in [3.05, 3.63) is 0 Å². The maximum Gasteiger partial charge on any atom is 1.00 e. The van der Waals surface area contributed by atoms with Crippen molar-refractivity contribution in [2.75, 3.05) is 19.6 Å². The van der Waals surface area contributed by atoms with Crippen molar-refractivity contribution in [2.45, 2.75) is 38.9 Å². The first-order chi connectivity index (χ1) is 13.6. The Kier molecular flexibility index (Phi) is 39.0. The Bertz CT molecular complexity index is 529. The average molecular weight is 507 g/mol. The number of hydrogen-bond acceptors (Lipinski definition) is 12. The second-order valence-electron chi connectivity index (χ2n) is 5.45. The van der Waals surface area contributed by atoms with E-state index in [-0.39, 0.29) is 108 Å². The fourth-order valence-electron chi connectivity index (χ4n) is 0.971. The maximum absolute atomic E-state index is 9.95. The zero-order valence-electron chi connectivity index (χ0n) is 19.4. The number of nitrogens with one attached hydrogen (secondary N) is 3. The summed E-state index contributed by atoms with van der Waals surface area (Å²) in [5, 5.41) is 60.7. The van der Waals surface area contributed by atoms with Crippen LogP contribution < -0.4 is 120 Å². The molecule has 6 N–H and O–H groups in total. The van der Waals surface area contributed by atoms with Crippen LogP contribution in [-0.4, -0.2) is 88.9 Å². The zero-order valence-corrected chi connectivity index (χ0v) is 25.4. The van der Waals surface area contributed by atoms with Crippen LogP contribution in [0.2, 0.25) is 0 Å². The Hall–Kier alpha value is -0.300. The molecule has 174 valence electrons. The van der Waals surface area contributed by atoms with Gasteiger partial charge in [0.05, 0.1) is 37.5 Å². The summed E-state index contributed by atoms with van der Waals surface area (Å²) in [5.41, 5.74) is 0. The number of carboxylic acids is 6. The number of carbonyl (C=O) groups is 6. The Morgan fingerprint density at radius 3 is 0.788 bits per heavy atom. The Morgan fingerprint density at radius 1 is 0.545 bits per heavy atom. The molecule has 0 aromatic carbocycles. The predicted molar refractivity (Wildman–Crippen MR) is 90.3 cm³/mol. The summed E-state index contributed by atoms with van der Waals surface area (Å²) >= 11 is 0. The standard InChI is InChI=1S/3C5H9NO4.3Na/c3*1-3(5(9)10)6-2-4(7)8;;;/h3*3,6H,2H2,1H3,(H,7,8)(H,9,10);;;/q;;;3*+1/p-3/t3*3-;;;/m000.../s1. The molecule has 0 aromatic heterocycles. The van der Waals surface area contributed by atoms with Gasteiger partial charge in [0.2, 0.25) is 0 Å². The topological polar surface area (TPSA) is 268 Å². The van der Waals surface area contributed by atoms with E-state index in [1.165, 1.54) is 20.8 Å². The van der Waals surface area contributed by atoms with E-state index in [0.29, 0.717) is 0 Å². The van der Waals surface area contributed by atoms with Crippen LogP contribution in [0.5, 0.6) is 0 Å². The smallest absolute Gasteiger partial charge is 0.548 e. The van der Waals surface area contributed by atoms with Crippen molar-refractivity contribution in [3.63, 3.8) is 0 Å². The summed E-state index contributed by atoms with van der Waals surface area (Å²) in [4.78, 5) is 59.4. The molecule has 0 radical (unpaired) electrons. The molecule has 18 heteroatoms. The Labute approximate surface area is 255 Å². The van der Waals surface area contributed by atoms with E-state index in [4.69, 9.17) is 15.3 Å². The summed E-state index contributed by atoms with van der Waals surface area (Å²) in [6.07, 6.45) is 0. The van der Waals surface area contributed by atoms with Gasteiger partial charge in [0.25, 0.3) is 0 Å². The molecule has 0 aliphatic heterocycles. The quantitative estimate of drug-likeness (QED) is 0.134. The third-order valence-electron chi connectivity index (χ3n) is 2.74. The maximum atomic E-state index is 9.95. The molecule has 0 spiro atoms. The number of rotatable bonds is 12. The van der Waals surface area contributed by atoms with E-state index in [2.05, 4.69) is 16.0 Å². The molecule has 0 rings (SSSR count). The second kappa shape index (κ2) is 27.9. The normalized spacial score (nSPS) is 11.4. The van der Waals surface area contributed by atoms with Gasteiger partial charge in [0.15, 0.2) is 0 Å². The van der Waals surface area contributed by atoms with Gasteiger partial charge in [-0.15, -0.1) is 0 Å². The zero-order chi connectivity index (χ0) is 24.4. The van der Waals surface area contributed by atoms with Gasteiger partial charge in [0.1, 0.15) is 0 Å². The van der Waals surface area contributed by atoms with Gasteiger partial charge in [0, 0.05) is 18.1 Å². The summed E-state index contributed by atoms with van der Waals surface area (Å²) < 4.78 is 0. The molecule has 0 unspecified atom stereocenters. The molecular weight excluding hydrogens is 483 g/mol. The average Bonchev–Trinajstić information content (AvgIpc) is 2.62. The number of carbonyl (C=O) groups excluding carboxylic acids is 3. The Morgan fingerprint density at radius 2 is 0.697 bits per heavy atom. The third kappa shape index (κ3) is 39.2. The summed E-state index contributed by atoms with van der Waals surface area (Å²) in [7, 11) is 0. The number of hydrogen-bond donors (Lipinski definition) is 6. The molecule has 0 saturated carbocycles. The first-order valence-corrected chi connectivity index (χ1v) is 8.09. The van der Waals surface area contributed by atoms with Crippen LogP contribution in [-0.2, 0) is 28.8 Å². The molecule has 33 heavy (non-hydrogen) atoms. The van der Waals surface area contributed by atoms with Crippen molar-refractivity contribution in [1.82, 2.24) is 16.0 Å². The first-order valence-electron chi connectivity index (χ1n) is 8.09. The van der Waals surface area contributed by atoms with E-state index in [9.17, 15) is 44.1 Å². The largest absolute Gasteiger partial charge is 1.00 e. The first kappa shape index (κ1) is 46.1. The molecular formula is C15H24N3Na3O12. The van der Waals surface area contributed by atoms with Crippen molar-refractivity contribution in [2.24, 2.45) is 0 Å². The van der Waals surface area contributed by atoms with Gasteiger partial charge in [-0.25, -0.2) is 0 Å². The van der Waals surface area contributed by atoms with Crippen molar-refractivity contribution >= 4 is 35.8 Å². The van der Waals surface area contributed by atoms with E-state index in [1.807, 2.05) is 0 Å². The molecule has 3 atom stereocenters. The molecule has 0 aliphatic carbocycles. The molecule has 0 heterocycles. The molecule has 0 amide bonds. The molecule has 0 saturated heterocycles. The van der Waals surface area contributed by atoms with Crippen molar-refractivity contribution in [3.8, 4) is 0 Å². The van der Waals surface area contributed by atoms with Gasteiger partial charge in [-0.2, -0.15) is 0 Å². The van der Waals surface area contributed by atoms with Crippen LogP contribution in [0.15, 0.2) is 0 Å². The van der Waals surface area contributed by atoms with E-state index < -0.39 is 53.9 Å². The van der Waals surface area contributed by atoms with Crippen LogP contribution in [0.4, 0.5) is 0 Å². The summed E-state index contributed by atoms with van der Waals surface area (Å²) in [5.74, 6) is -7.18. The van der Waals surface area contributed by atoms with Crippen molar-refractivity contribution in [1.29, 1.82) is 0 Å². The van der Waals surface area contributed by atoms with Gasteiger partial charge in [-0.1, -0.05) is 0 Å². The SMILES string of the molecule is C[C@H](NCC(=O)O)C(=O)[O-].C[C@H](NCC(=O)O)C(=O)[O-].C[C@H](NCC(=O)O)C(=O)[O-].[Na+].[Na+].[Na+]. The van der Waals surface area contributed by atoms with Gasteiger partial charge < -0.3 is 45.0 Å². The van der Waals surface area contributed by atoms with E-state index in [0.717, 1.165) is 0 Å². The fourth-order valence-corrected chi connectivity index (χ4v) is 0.971. The molecule has 0 aliphatic rings. The minimum Gasteiger partial charge on any atom is -0.548 e. The van der Waals surface area contributed by atoms with Crippen LogP contribution in [0.3, 0.4) is 0 Å². The predicted octanol–water partition coefficient (Wildman–Crippen LogP) is -15.6. The summed E-state index contributed by atoms with van der Waals surface area (Å²) in [6, 6.07) is -2.76. The number of aliphatic carboxylic acids is 6. The second-order valence-corrected chi connectivity index (χ2v) is 5.45. The third-order valence-corrected chi connectivity index (χ3v) is 2.74. The van der Waals surface area contributed by atoms with Crippen LogP contribution in [0.1, 0.15) is 20.8 Å². The van der Waals surface area contributed by atoms with Crippen LogP contribution in [0.25, 0.3) is 0 Å². The molecule has 0 fully saturated rings. The minimum absolute atomic E-state index is 0. The number of carboxylic acid groups (broad SMARTS) is 6. The Balaban J connectivity index is -0.0000000792. The van der Waals surface area contributed by atoms with Crippen LogP contribution in [0, 0.1) is 0 Å². The van der Waals surface area contributed by atoms with E-state index in [1.54, 1.807) is 0 Å². The van der Waals surface area contributed by atoms with E-state index >= 15 is 0 Å². The molecule has 0 aromatic rings. The molecule has 0 bridgehead atoms. The van der Waals surface area contributed by atoms with Crippen LogP contribution >= 0.6 is 0 Å².